The molecule has 27 heavy (non-hydrogen) atoms. The van der Waals surface area contributed by atoms with Crippen molar-refractivity contribution in [3.63, 3.8) is 0 Å². The van der Waals surface area contributed by atoms with E-state index in [0.717, 1.165) is 24.8 Å². The number of carbonyl (C=O) groups excluding carboxylic acids is 1. The van der Waals surface area contributed by atoms with E-state index in [2.05, 4.69) is 0 Å². The summed E-state index contributed by atoms with van der Waals surface area (Å²) in [5.41, 5.74) is 1.65. The Kier molecular flexibility index (Phi) is 5.85. The lowest BCUT2D eigenvalue weighted by Crippen LogP contribution is -2.38. The number of rotatable bonds is 5. The molecule has 6 heteroatoms. The second-order valence-electron chi connectivity index (χ2n) is 6.99. The van der Waals surface area contributed by atoms with Gasteiger partial charge in [-0.25, -0.2) is 13.2 Å². The largest absolute Gasteiger partial charge is 0.423 e. The van der Waals surface area contributed by atoms with Crippen LogP contribution in [-0.4, -0.2) is 26.7 Å². The molecule has 0 radical (unpaired) electrons. The fourth-order valence-electron chi connectivity index (χ4n) is 3.41. The average Bonchev–Trinajstić information content (AvgIpc) is 2.69. The Hall–Kier alpha value is -2.34. The molecule has 0 atom stereocenters. The van der Waals surface area contributed by atoms with E-state index in [-0.39, 0.29) is 5.56 Å². The van der Waals surface area contributed by atoms with Crippen LogP contribution in [0.1, 0.15) is 48.0 Å². The number of carbonyl (C=O) groups is 1. The first kappa shape index (κ1) is 19.4. The highest BCUT2D eigenvalue weighted by Crippen LogP contribution is 2.30. The number of aryl methyl sites for hydroxylation is 1. The van der Waals surface area contributed by atoms with Gasteiger partial charge in [0.15, 0.2) is 0 Å². The smallest absolute Gasteiger partial charge is 0.345 e. The van der Waals surface area contributed by atoms with Gasteiger partial charge in [-0.3, -0.25) is 4.31 Å². The van der Waals surface area contributed by atoms with Crippen molar-refractivity contribution in [2.75, 3.05) is 11.4 Å². The molecule has 3 rings (SSSR count). The molecule has 0 aromatic heterocycles. The molecule has 1 aliphatic rings. The Bertz CT molecular complexity index is 900. The Balaban J connectivity index is 1.86. The maximum Gasteiger partial charge on any atom is 0.345 e. The molecule has 0 saturated heterocycles. The lowest BCUT2D eigenvalue weighted by molar-refractivity contribution is 0.0735. The van der Waals surface area contributed by atoms with Crippen LogP contribution in [0.5, 0.6) is 5.75 Å². The van der Waals surface area contributed by atoms with Crippen LogP contribution >= 0.6 is 0 Å². The molecule has 0 N–H and O–H groups in total. The molecule has 0 spiro atoms. The van der Waals surface area contributed by atoms with Crippen molar-refractivity contribution in [2.24, 2.45) is 0 Å². The zero-order valence-electron chi connectivity index (χ0n) is 15.7. The highest BCUT2D eigenvalue weighted by atomic mass is 32.2. The van der Waals surface area contributed by atoms with Crippen LogP contribution in [0.3, 0.4) is 0 Å². The van der Waals surface area contributed by atoms with Crippen molar-refractivity contribution in [2.45, 2.75) is 44.3 Å². The van der Waals surface area contributed by atoms with Gasteiger partial charge in [0.25, 0.3) is 0 Å². The molecule has 1 fully saturated rings. The van der Waals surface area contributed by atoms with Gasteiger partial charge >= 0.3 is 5.97 Å². The monoisotopic (exact) mass is 387 g/mol. The van der Waals surface area contributed by atoms with Crippen molar-refractivity contribution in [3.8, 4) is 5.75 Å². The highest BCUT2D eigenvalue weighted by Gasteiger charge is 2.32. The van der Waals surface area contributed by atoms with E-state index in [0.29, 0.717) is 24.3 Å². The molecule has 1 aliphatic carbocycles. The van der Waals surface area contributed by atoms with Crippen LogP contribution < -0.4 is 9.04 Å². The van der Waals surface area contributed by atoms with E-state index in [1.54, 1.807) is 36.4 Å². The summed E-state index contributed by atoms with van der Waals surface area (Å²) in [6.07, 6.45) is 4.27. The van der Waals surface area contributed by atoms with Crippen LogP contribution in [-0.2, 0) is 10.0 Å². The SMILES string of the molecule is Cc1ccc(OC(=O)c2ccccc2N(C)S(=O)(=O)C2CCCCC2)cc1. The molecule has 1 saturated carbocycles. The minimum Gasteiger partial charge on any atom is -0.423 e. The lowest BCUT2D eigenvalue weighted by Gasteiger charge is -2.29. The summed E-state index contributed by atoms with van der Waals surface area (Å²) in [6, 6.07) is 13.8. The van der Waals surface area contributed by atoms with Crippen molar-refractivity contribution >= 4 is 21.7 Å². The number of hydrogen-bond donors (Lipinski definition) is 0. The van der Waals surface area contributed by atoms with Crippen molar-refractivity contribution < 1.29 is 17.9 Å². The van der Waals surface area contributed by atoms with Gasteiger partial charge < -0.3 is 4.74 Å². The number of nitrogens with zero attached hydrogens (tertiary/aromatic N) is 1. The quantitative estimate of drug-likeness (QED) is 0.566. The fraction of sp³-hybridized carbons (Fsp3) is 0.381. The average molecular weight is 388 g/mol. The van der Waals surface area contributed by atoms with Gasteiger partial charge in [0.2, 0.25) is 10.0 Å². The van der Waals surface area contributed by atoms with Crippen molar-refractivity contribution in [1.82, 2.24) is 0 Å². The lowest BCUT2D eigenvalue weighted by atomic mass is 10.0. The molecule has 0 unspecified atom stereocenters. The number of esters is 1. The van der Waals surface area contributed by atoms with Crippen LogP contribution in [0.15, 0.2) is 48.5 Å². The molecule has 0 aliphatic heterocycles. The van der Waals surface area contributed by atoms with Gasteiger partial charge in [-0.2, -0.15) is 0 Å². The molecule has 0 heterocycles. The topological polar surface area (TPSA) is 63.7 Å². The van der Waals surface area contributed by atoms with E-state index in [4.69, 9.17) is 4.74 Å². The summed E-state index contributed by atoms with van der Waals surface area (Å²) in [5, 5.41) is -0.391. The third kappa shape index (κ3) is 4.33. The fourth-order valence-corrected chi connectivity index (χ4v) is 5.22. The summed E-state index contributed by atoms with van der Waals surface area (Å²) in [4.78, 5) is 12.7. The van der Waals surface area contributed by atoms with Crippen LogP contribution in [0, 0.1) is 6.92 Å². The summed E-state index contributed by atoms with van der Waals surface area (Å²) >= 11 is 0. The zero-order chi connectivity index (χ0) is 19.4. The van der Waals surface area contributed by atoms with E-state index < -0.39 is 21.2 Å². The number of sulfonamides is 1. The first-order valence-electron chi connectivity index (χ1n) is 9.25. The predicted octanol–water partition coefficient (Wildman–Crippen LogP) is 4.31. The zero-order valence-corrected chi connectivity index (χ0v) is 16.5. The van der Waals surface area contributed by atoms with Crippen LogP contribution in [0.25, 0.3) is 0 Å². The standard InChI is InChI=1S/C21H25NO4S/c1-16-12-14-17(15-13-16)26-21(23)19-10-6-7-11-20(19)22(2)27(24,25)18-8-4-3-5-9-18/h6-7,10-15,18H,3-5,8-9H2,1-2H3. The van der Waals surface area contributed by atoms with Crippen LogP contribution in [0.2, 0.25) is 0 Å². The number of anilines is 1. The van der Waals surface area contributed by atoms with Crippen molar-refractivity contribution in [3.05, 3.63) is 59.7 Å². The predicted molar refractivity (Wildman–Crippen MR) is 107 cm³/mol. The third-order valence-corrected chi connectivity index (χ3v) is 7.32. The first-order valence-corrected chi connectivity index (χ1v) is 10.8. The molecular weight excluding hydrogens is 362 g/mol. The number of ether oxygens (including phenoxy) is 1. The number of para-hydroxylation sites is 1. The molecule has 0 bridgehead atoms. The van der Waals surface area contributed by atoms with Crippen molar-refractivity contribution in [1.29, 1.82) is 0 Å². The highest BCUT2D eigenvalue weighted by molar-refractivity contribution is 7.93. The van der Waals surface area contributed by atoms with Gasteiger partial charge in [-0.1, -0.05) is 49.1 Å². The first-order chi connectivity index (χ1) is 12.9. The number of hydrogen-bond acceptors (Lipinski definition) is 4. The summed E-state index contributed by atoms with van der Waals surface area (Å²) in [5.74, 6) is -0.140. The van der Waals surface area contributed by atoms with E-state index >= 15 is 0 Å². The Labute approximate surface area is 161 Å². The van der Waals surface area contributed by atoms with E-state index in [1.165, 1.54) is 11.4 Å². The molecule has 2 aromatic rings. The van der Waals surface area contributed by atoms with Gasteiger partial charge in [-0.15, -0.1) is 0 Å². The molecule has 5 nitrogen and oxygen atoms in total. The maximum absolute atomic E-state index is 13.0. The minimum atomic E-state index is -3.52. The second-order valence-corrected chi connectivity index (χ2v) is 9.24. The molecular formula is C21H25NO4S. The molecule has 0 amide bonds. The Morgan fingerprint density at radius 1 is 1.00 bits per heavy atom. The van der Waals surface area contributed by atoms with Gasteiger partial charge in [0.05, 0.1) is 16.5 Å². The Morgan fingerprint density at radius 2 is 1.63 bits per heavy atom. The normalized spacial score (nSPS) is 15.3. The van der Waals surface area contributed by atoms with Gasteiger partial charge in [0, 0.05) is 7.05 Å². The summed E-state index contributed by atoms with van der Waals surface area (Å²) in [6.45, 7) is 1.95. The summed E-state index contributed by atoms with van der Waals surface area (Å²) in [7, 11) is -2.01. The van der Waals surface area contributed by atoms with Crippen LogP contribution in [0.4, 0.5) is 5.69 Å². The maximum atomic E-state index is 13.0. The van der Waals surface area contributed by atoms with Gasteiger partial charge in [-0.05, 0) is 44.0 Å². The van der Waals surface area contributed by atoms with E-state index in [9.17, 15) is 13.2 Å². The third-order valence-electron chi connectivity index (χ3n) is 5.05. The second kappa shape index (κ2) is 8.13. The number of benzene rings is 2. The van der Waals surface area contributed by atoms with E-state index in [1.807, 2.05) is 19.1 Å². The Morgan fingerprint density at radius 3 is 2.30 bits per heavy atom. The minimum absolute atomic E-state index is 0.236. The molecule has 144 valence electrons. The summed E-state index contributed by atoms with van der Waals surface area (Å²) < 4.78 is 32.7. The molecule has 2 aromatic carbocycles. The van der Waals surface area contributed by atoms with Gasteiger partial charge in [0.1, 0.15) is 5.75 Å².